The number of carbonyl (C=O) groups excluding carboxylic acids is 2. The van der Waals surface area contributed by atoms with Gasteiger partial charge < -0.3 is 25.2 Å². The molecule has 1 aromatic heterocycles. The van der Waals surface area contributed by atoms with E-state index in [1.165, 1.54) is 0 Å². The Labute approximate surface area is 216 Å². The molecule has 5 rings (SSSR count). The average Bonchev–Trinajstić information content (AvgIpc) is 2.95. The number of benzene rings is 2. The molecule has 9 nitrogen and oxygen atoms in total. The largest absolute Gasteiger partial charge is 0.378 e. The summed E-state index contributed by atoms with van der Waals surface area (Å²) < 4.78 is 5.53. The summed E-state index contributed by atoms with van der Waals surface area (Å²) >= 11 is 0. The summed E-state index contributed by atoms with van der Waals surface area (Å²) in [6.07, 6.45) is 3.19. The van der Waals surface area contributed by atoms with Gasteiger partial charge in [0.25, 0.3) is 5.91 Å². The Bertz CT molecular complexity index is 1240. The predicted molar refractivity (Wildman–Crippen MR) is 144 cm³/mol. The summed E-state index contributed by atoms with van der Waals surface area (Å²) in [4.78, 5) is 39.6. The molecule has 2 saturated heterocycles. The Kier molecular flexibility index (Phi) is 7.60. The van der Waals surface area contributed by atoms with Gasteiger partial charge in [-0.1, -0.05) is 18.2 Å². The molecule has 0 aliphatic carbocycles. The maximum Gasteiger partial charge on any atom is 0.323 e. The molecule has 3 heterocycles. The van der Waals surface area contributed by atoms with E-state index in [1.807, 2.05) is 66.4 Å². The molecule has 0 atom stereocenters. The minimum absolute atomic E-state index is 0.0359. The van der Waals surface area contributed by atoms with Crippen molar-refractivity contribution in [3.05, 3.63) is 65.9 Å². The lowest BCUT2D eigenvalue weighted by atomic mass is 10.1. The third-order valence-electron chi connectivity index (χ3n) is 6.71. The number of urea groups is 1. The first-order valence-electron chi connectivity index (χ1n) is 12.8. The molecular formula is C28H32N6O3. The summed E-state index contributed by atoms with van der Waals surface area (Å²) in [5.41, 5.74) is 3.39. The highest BCUT2D eigenvalue weighted by atomic mass is 16.5. The number of aromatic nitrogens is 2. The van der Waals surface area contributed by atoms with E-state index in [4.69, 9.17) is 14.7 Å². The molecule has 0 radical (unpaired) electrons. The standard InChI is InChI=1S/C28H32N6O3/c1-20-24(27(35)34-14-6-3-7-15-34)31-25(32-26(20)33-16-18-37-19-17-33)21-10-12-23(13-11-21)30-28(36)29-22-8-4-2-5-9-22/h2,4-5,8-13H,3,6-7,14-19H2,1H3,(H2,29,30,36). The molecular weight excluding hydrogens is 468 g/mol. The van der Waals surface area contributed by atoms with Gasteiger partial charge in [-0.25, -0.2) is 14.8 Å². The molecule has 2 aliphatic rings. The first kappa shape index (κ1) is 24.7. The molecule has 0 bridgehead atoms. The Morgan fingerprint density at radius 3 is 2.14 bits per heavy atom. The number of hydrogen-bond donors (Lipinski definition) is 2. The minimum Gasteiger partial charge on any atom is -0.378 e. The highest BCUT2D eigenvalue weighted by Gasteiger charge is 2.26. The maximum atomic E-state index is 13.5. The van der Waals surface area contributed by atoms with Gasteiger partial charge in [-0.15, -0.1) is 0 Å². The molecule has 2 fully saturated rings. The lowest BCUT2D eigenvalue weighted by molar-refractivity contribution is 0.0717. The number of nitrogens with zero attached hydrogens (tertiary/aromatic N) is 4. The number of rotatable bonds is 5. The highest BCUT2D eigenvalue weighted by molar-refractivity contribution is 6.00. The number of nitrogens with one attached hydrogen (secondary N) is 2. The Morgan fingerprint density at radius 1 is 0.811 bits per heavy atom. The molecule has 3 amide bonds. The topological polar surface area (TPSA) is 99.7 Å². The predicted octanol–water partition coefficient (Wildman–Crippen LogP) is 4.56. The maximum absolute atomic E-state index is 13.5. The van der Waals surface area contributed by atoms with Gasteiger partial charge >= 0.3 is 6.03 Å². The smallest absolute Gasteiger partial charge is 0.323 e. The number of anilines is 3. The zero-order chi connectivity index (χ0) is 25.6. The average molecular weight is 501 g/mol. The van der Waals surface area contributed by atoms with Gasteiger partial charge in [-0.3, -0.25) is 4.79 Å². The fraction of sp³-hybridized carbons (Fsp3) is 0.357. The number of ether oxygens (including phenoxy) is 1. The van der Waals surface area contributed by atoms with Crippen molar-refractivity contribution >= 4 is 29.1 Å². The number of morpholine rings is 1. The lowest BCUT2D eigenvalue weighted by Gasteiger charge is -2.31. The zero-order valence-corrected chi connectivity index (χ0v) is 21.1. The number of amides is 3. The van der Waals surface area contributed by atoms with Crippen LogP contribution < -0.4 is 15.5 Å². The van der Waals surface area contributed by atoms with Crippen LogP contribution >= 0.6 is 0 Å². The summed E-state index contributed by atoms with van der Waals surface area (Å²) in [7, 11) is 0. The third kappa shape index (κ3) is 5.89. The molecule has 192 valence electrons. The monoisotopic (exact) mass is 500 g/mol. The van der Waals surface area contributed by atoms with Crippen molar-refractivity contribution in [2.45, 2.75) is 26.2 Å². The first-order chi connectivity index (χ1) is 18.1. The van der Waals surface area contributed by atoms with Gasteiger partial charge in [-0.05, 0) is 62.6 Å². The van der Waals surface area contributed by atoms with Gasteiger partial charge in [0.05, 0.1) is 13.2 Å². The fourth-order valence-electron chi connectivity index (χ4n) is 4.69. The van der Waals surface area contributed by atoms with Crippen LogP contribution in [-0.2, 0) is 4.74 Å². The fourth-order valence-corrected chi connectivity index (χ4v) is 4.69. The lowest BCUT2D eigenvalue weighted by Crippen LogP contribution is -2.39. The van der Waals surface area contributed by atoms with Crippen LogP contribution in [0, 0.1) is 6.92 Å². The molecule has 37 heavy (non-hydrogen) atoms. The summed E-state index contributed by atoms with van der Waals surface area (Å²) in [5, 5.41) is 5.65. The van der Waals surface area contributed by atoms with E-state index in [-0.39, 0.29) is 11.9 Å². The van der Waals surface area contributed by atoms with E-state index in [9.17, 15) is 9.59 Å². The highest BCUT2D eigenvalue weighted by Crippen LogP contribution is 2.28. The van der Waals surface area contributed by atoms with Crippen LogP contribution in [0.3, 0.4) is 0 Å². The molecule has 0 saturated carbocycles. The second-order valence-electron chi connectivity index (χ2n) is 9.32. The van der Waals surface area contributed by atoms with Crippen molar-refractivity contribution in [2.24, 2.45) is 0 Å². The van der Waals surface area contributed by atoms with Crippen LogP contribution in [0.5, 0.6) is 0 Å². The molecule has 0 unspecified atom stereocenters. The molecule has 0 spiro atoms. The van der Waals surface area contributed by atoms with E-state index in [0.29, 0.717) is 49.2 Å². The Balaban J connectivity index is 1.40. The van der Waals surface area contributed by atoms with Gasteiger partial charge in [0, 0.05) is 48.7 Å². The number of likely N-dealkylation sites (tertiary alicyclic amines) is 1. The van der Waals surface area contributed by atoms with Gasteiger partial charge in [-0.2, -0.15) is 0 Å². The summed E-state index contributed by atoms with van der Waals surface area (Å²) in [5.74, 6) is 1.23. The quantitative estimate of drug-likeness (QED) is 0.533. The number of piperidine rings is 1. The molecule has 2 N–H and O–H groups in total. The second-order valence-corrected chi connectivity index (χ2v) is 9.32. The SMILES string of the molecule is Cc1c(C(=O)N2CCCCC2)nc(-c2ccc(NC(=O)Nc3ccccc3)cc2)nc1N1CCOCC1. The molecule has 2 aromatic carbocycles. The van der Waals surface area contributed by atoms with Crippen LogP contribution in [-0.4, -0.2) is 66.2 Å². The third-order valence-corrected chi connectivity index (χ3v) is 6.71. The van der Waals surface area contributed by atoms with Crippen LogP contribution in [0.15, 0.2) is 54.6 Å². The van der Waals surface area contributed by atoms with Crippen molar-refractivity contribution < 1.29 is 14.3 Å². The van der Waals surface area contributed by atoms with E-state index >= 15 is 0 Å². The van der Waals surface area contributed by atoms with Crippen molar-refractivity contribution in [2.75, 3.05) is 54.9 Å². The van der Waals surface area contributed by atoms with E-state index in [0.717, 1.165) is 49.3 Å². The molecule has 2 aliphatic heterocycles. The zero-order valence-electron chi connectivity index (χ0n) is 21.1. The Hall–Kier alpha value is -3.98. The van der Waals surface area contributed by atoms with Crippen molar-refractivity contribution in [3.8, 4) is 11.4 Å². The van der Waals surface area contributed by atoms with Crippen LogP contribution in [0.2, 0.25) is 0 Å². The minimum atomic E-state index is -0.324. The summed E-state index contributed by atoms with van der Waals surface area (Å²) in [6.45, 7) is 6.14. The van der Waals surface area contributed by atoms with E-state index < -0.39 is 0 Å². The van der Waals surface area contributed by atoms with Gasteiger partial charge in [0.15, 0.2) is 5.82 Å². The summed E-state index contributed by atoms with van der Waals surface area (Å²) in [6, 6.07) is 16.3. The first-order valence-corrected chi connectivity index (χ1v) is 12.8. The second kappa shape index (κ2) is 11.4. The molecule has 3 aromatic rings. The van der Waals surface area contributed by atoms with Crippen molar-refractivity contribution in [1.29, 1.82) is 0 Å². The van der Waals surface area contributed by atoms with E-state index in [2.05, 4.69) is 15.5 Å². The molecule has 9 heteroatoms. The normalized spacial score (nSPS) is 15.8. The number of carbonyl (C=O) groups is 2. The van der Waals surface area contributed by atoms with Crippen molar-refractivity contribution in [1.82, 2.24) is 14.9 Å². The van der Waals surface area contributed by atoms with E-state index in [1.54, 1.807) is 0 Å². The Morgan fingerprint density at radius 2 is 1.46 bits per heavy atom. The van der Waals surface area contributed by atoms with Gasteiger partial charge in [0.1, 0.15) is 11.5 Å². The van der Waals surface area contributed by atoms with Crippen LogP contribution in [0.25, 0.3) is 11.4 Å². The number of hydrogen-bond acceptors (Lipinski definition) is 6. The van der Waals surface area contributed by atoms with Crippen LogP contribution in [0.4, 0.5) is 22.0 Å². The number of para-hydroxylation sites is 1. The van der Waals surface area contributed by atoms with Crippen LogP contribution in [0.1, 0.15) is 35.3 Å². The van der Waals surface area contributed by atoms with Gasteiger partial charge in [0.2, 0.25) is 0 Å². The van der Waals surface area contributed by atoms with Crippen molar-refractivity contribution in [3.63, 3.8) is 0 Å².